The molecular formula is C26H32FN3O4. The third-order valence-corrected chi connectivity index (χ3v) is 6.35. The summed E-state index contributed by atoms with van der Waals surface area (Å²) in [6.07, 6.45) is 1.11. The summed E-state index contributed by atoms with van der Waals surface area (Å²) in [6, 6.07) is 11.7. The fourth-order valence-electron chi connectivity index (χ4n) is 4.32. The zero-order valence-corrected chi connectivity index (χ0v) is 19.9. The number of halogens is 1. The SMILES string of the molecule is CCN(CC)C(=O)C(NC(=O)c1ccc(OC)cc1)C1CCN(C(=O)c2cccc(F)c2)CC1. The second kappa shape index (κ2) is 11.6. The average Bonchev–Trinajstić information content (AvgIpc) is 2.87. The van der Waals surface area contributed by atoms with E-state index in [4.69, 9.17) is 4.74 Å². The molecule has 0 saturated carbocycles. The lowest BCUT2D eigenvalue weighted by Crippen LogP contribution is -2.54. The van der Waals surface area contributed by atoms with Crippen molar-refractivity contribution in [2.24, 2.45) is 5.92 Å². The van der Waals surface area contributed by atoms with Crippen LogP contribution in [0.25, 0.3) is 0 Å². The van der Waals surface area contributed by atoms with E-state index in [0.29, 0.717) is 55.9 Å². The number of hydrogen-bond acceptors (Lipinski definition) is 4. The van der Waals surface area contributed by atoms with E-state index in [2.05, 4.69) is 5.32 Å². The molecule has 1 saturated heterocycles. The predicted molar refractivity (Wildman–Crippen MR) is 127 cm³/mol. The Hall–Kier alpha value is -3.42. The highest BCUT2D eigenvalue weighted by atomic mass is 19.1. The zero-order valence-electron chi connectivity index (χ0n) is 19.9. The first-order valence-corrected chi connectivity index (χ1v) is 11.7. The summed E-state index contributed by atoms with van der Waals surface area (Å²) in [7, 11) is 1.55. The number of nitrogens with zero attached hydrogens (tertiary/aromatic N) is 2. The first kappa shape index (κ1) is 25.2. The molecule has 2 aromatic rings. The van der Waals surface area contributed by atoms with Crippen LogP contribution in [0.4, 0.5) is 4.39 Å². The molecule has 1 atom stereocenters. The maximum Gasteiger partial charge on any atom is 0.253 e. The average molecular weight is 470 g/mol. The van der Waals surface area contributed by atoms with Crippen molar-refractivity contribution in [1.82, 2.24) is 15.1 Å². The van der Waals surface area contributed by atoms with E-state index in [9.17, 15) is 18.8 Å². The Morgan fingerprint density at radius 3 is 2.26 bits per heavy atom. The van der Waals surface area contributed by atoms with Gasteiger partial charge in [-0.3, -0.25) is 14.4 Å². The Balaban J connectivity index is 1.72. The van der Waals surface area contributed by atoms with Crippen molar-refractivity contribution >= 4 is 17.7 Å². The Kier molecular flexibility index (Phi) is 8.62. The third kappa shape index (κ3) is 5.92. The van der Waals surface area contributed by atoms with E-state index in [1.807, 2.05) is 13.8 Å². The van der Waals surface area contributed by atoms with Gasteiger partial charge in [0.2, 0.25) is 5.91 Å². The van der Waals surface area contributed by atoms with Gasteiger partial charge in [-0.15, -0.1) is 0 Å². The number of carbonyl (C=O) groups is 3. The molecule has 1 heterocycles. The summed E-state index contributed by atoms with van der Waals surface area (Å²) in [5.41, 5.74) is 0.749. The molecule has 3 rings (SSSR count). The topological polar surface area (TPSA) is 79.0 Å². The second-order valence-corrected chi connectivity index (χ2v) is 8.33. The number of amides is 3. The van der Waals surface area contributed by atoms with Gasteiger partial charge in [-0.05, 0) is 75.1 Å². The highest BCUT2D eigenvalue weighted by Gasteiger charge is 2.35. The van der Waals surface area contributed by atoms with Gasteiger partial charge in [-0.2, -0.15) is 0 Å². The summed E-state index contributed by atoms with van der Waals surface area (Å²) in [6.45, 7) is 5.76. The quantitative estimate of drug-likeness (QED) is 0.643. The lowest BCUT2D eigenvalue weighted by Gasteiger charge is -2.37. The Morgan fingerprint density at radius 2 is 1.71 bits per heavy atom. The molecule has 0 radical (unpaired) electrons. The molecule has 0 bridgehead atoms. The third-order valence-electron chi connectivity index (χ3n) is 6.35. The van der Waals surface area contributed by atoms with Crippen LogP contribution >= 0.6 is 0 Å². The van der Waals surface area contributed by atoms with E-state index in [1.165, 1.54) is 18.2 Å². The molecule has 0 aliphatic carbocycles. The smallest absolute Gasteiger partial charge is 0.253 e. The van der Waals surface area contributed by atoms with Crippen LogP contribution in [0.2, 0.25) is 0 Å². The van der Waals surface area contributed by atoms with E-state index in [0.717, 1.165) is 0 Å². The lowest BCUT2D eigenvalue weighted by atomic mass is 9.87. The van der Waals surface area contributed by atoms with Gasteiger partial charge in [-0.1, -0.05) is 6.07 Å². The van der Waals surface area contributed by atoms with E-state index in [1.54, 1.807) is 47.2 Å². The fourth-order valence-corrected chi connectivity index (χ4v) is 4.32. The normalized spacial score (nSPS) is 14.9. The Morgan fingerprint density at radius 1 is 1.06 bits per heavy atom. The fraction of sp³-hybridized carbons (Fsp3) is 0.423. The van der Waals surface area contributed by atoms with Crippen molar-refractivity contribution in [3.05, 3.63) is 65.5 Å². The molecule has 1 aliphatic heterocycles. The van der Waals surface area contributed by atoms with Crippen LogP contribution in [-0.2, 0) is 4.79 Å². The maximum absolute atomic E-state index is 13.5. The van der Waals surface area contributed by atoms with E-state index < -0.39 is 11.9 Å². The number of likely N-dealkylation sites (tertiary alicyclic amines) is 1. The van der Waals surface area contributed by atoms with E-state index >= 15 is 0 Å². The summed E-state index contributed by atoms with van der Waals surface area (Å²) in [4.78, 5) is 42.5. The number of ether oxygens (including phenoxy) is 1. The van der Waals surface area contributed by atoms with Crippen LogP contribution in [0.3, 0.4) is 0 Å². The van der Waals surface area contributed by atoms with Gasteiger partial charge in [0, 0.05) is 37.3 Å². The highest BCUT2D eigenvalue weighted by Crippen LogP contribution is 2.24. The number of nitrogens with one attached hydrogen (secondary N) is 1. The largest absolute Gasteiger partial charge is 0.497 e. The minimum absolute atomic E-state index is 0.119. The van der Waals surface area contributed by atoms with E-state index in [-0.39, 0.29) is 23.6 Å². The standard InChI is InChI=1S/C26H32FN3O4/c1-4-29(5-2)26(33)23(28-24(31)19-9-11-22(34-3)12-10-19)18-13-15-30(16-14-18)25(32)20-7-6-8-21(27)17-20/h6-12,17-18,23H,4-5,13-16H2,1-3H3,(H,28,31). The van der Waals surface area contributed by atoms with Crippen LogP contribution in [0.1, 0.15) is 47.4 Å². The van der Waals surface area contributed by atoms with Crippen molar-refractivity contribution < 1.29 is 23.5 Å². The lowest BCUT2D eigenvalue weighted by molar-refractivity contribution is -0.134. The van der Waals surface area contributed by atoms with Crippen molar-refractivity contribution in [2.75, 3.05) is 33.3 Å². The van der Waals surface area contributed by atoms with Crippen molar-refractivity contribution in [3.8, 4) is 5.75 Å². The highest BCUT2D eigenvalue weighted by molar-refractivity contribution is 5.98. The van der Waals surface area contributed by atoms with Crippen LogP contribution < -0.4 is 10.1 Å². The number of hydrogen-bond donors (Lipinski definition) is 1. The summed E-state index contributed by atoms with van der Waals surface area (Å²) < 4.78 is 18.7. The zero-order chi connectivity index (χ0) is 24.7. The first-order chi connectivity index (χ1) is 16.4. The molecule has 2 aromatic carbocycles. The number of benzene rings is 2. The van der Waals surface area contributed by atoms with Gasteiger partial charge in [-0.25, -0.2) is 4.39 Å². The number of methoxy groups -OCH3 is 1. The van der Waals surface area contributed by atoms with Crippen molar-refractivity contribution in [2.45, 2.75) is 32.7 Å². The molecule has 1 N–H and O–H groups in total. The number of rotatable bonds is 8. The van der Waals surface area contributed by atoms with Gasteiger partial charge < -0.3 is 19.9 Å². The van der Waals surface area contributed by atoms with Crippen molar-refractivity contribution in [1.29, 1.82) is 0 Å². The summed E-state index contributed by atoms with van der Waals surface area (Å²) in [5, 5.41) is 2.95. The van der Waals surface area contributed by atoms with Gasteiger partial charge >= 0.3 is 0 Å². The molecule has 8 heteroatoms. The number of likely N-dealkylation sites (N-methyl/N-ethyl adjacent to an activating group) is 1. The molecule has 182 valence electrons. The number of piperidine rings is 1. The maximum atomic E-state index is 13.5. The predicted octanol–water partition coefficient (Wildman–Crippen LogP) is 3.35. The Bertz CT molecular complexity index is 999. The minimum Gasteiger partial charge on any atom is -0.497 e. The molecule has 0 spiro atoms. The molecule has 1 aliphatic rings. The molecule has 1 fully saturated rings. The minimum atomic E-state index is -0.694. The van der Waals surface area contributed by atoms with Crippen LogP contribution in [-0.4, -0.2) is 66.9 Å². The Labute approximate surface area is 199 Å². The molecule has 34 heavy (non-hydrogen) atoms. The molecule has 7 nitrogen and oxygen atoms in total. The first-order valence-electron chi connectivity index (χ1n) is 11.7. The van der Waals surface area contributed by atoms with Gasteiger partial charge in [0.25, 0.3) is 11.8 Å². The molecule has 1 unspecified atom stereocenters. The monoisotopic (exact) mass is 469 g/mol. The van der Waals surface area contributed by atoms with Crippen LogP contribution in [0.15, 0.2) is 48.5 Å². The van der Waals surface area contributed by atoms with Crippen LogP contribution in [0.5, 0.6) is 5.75 Å². The number of carbonyl (C=O) groups excluding carboxylic acids is 3. The molecular weight excluding hydrogens is 437 g/mol. The second-order valence-electron chi connectivity index (χ2n) is 8.33. The van der Waals surface area contributed by atoms with Gasteiger partial charge in [0.15, 0.2) is 0 Å². The molecule has 3 amide bonds. The summed E-state index contributed by atoms with van der Waals surface area (Å²) in [5.74, 6) is -0.610. The van der Waals surface area contributed by atoms with Gasteiger partial charge in [0.05, 0.1) is 7.11 Å². The van der Waals surface area contributed by atoms with Crippen molar-refractivity contribution in [3.63, 3.8) is 0 Å². The van der Waals surface area contributed by atoms with Gasteiger partial charge in [0.1, 0.15) is 17.6 Å². The summed E-state index contributed by atoms with van der Waals surface area (Å²) >= 11 is 0. The molecule has 0 aromatic heterocycles. The van der Waals surface area contributed by atoms with Crippen LogP contribution in [0, 0.1) is 11.7 Å².